The van der Waals surface area contributed by atoms with Crippen LogP contribution >= 0.6 is 43.5 Å². The highest BCUT2D eigenvalue weighted by atomic mass is 79.9. The number of alkyl halides is 1. The van der Waals surface area contributed by atoms with Crippen LogP contribution in [-0.2, 0) is 0 Å². The van der Waals surface area contributed by atoms with Crippen LogP contribution in [0.15, 0.2) is 40.9 Å². The van der Waals surface area contributed by atoms with Gasteiger partial charge in [-0.3, -0.25) is 4.79 Å². The van der Waals surface area contributed by atoms with Crippen LogP contribution in [0.5, 0.6) is 5.75 Å². The lowest BCUT2D eigenvalue weighted by Crippen LogP contribution is -2.24. The maximum absolute atomic E-state index is 12.8. The fourth-order valence-electron chi connectivity index (χ4n) is 3.80. The molecule has 182 valence electrons. The fraction of sp³-hybridized carbons (Fsp3) is 0.519. The van der Waals surface area contributed by atoms with E-state index in [4.69, 9.17) is 16.3 Å². The van der Waals surface area contributed by atoms with Crippen molar-refractivity contribution in [2.24, 2.45) is 0 Å². The van der Waals surface area contributed by atoms with Gasteiger partial charge in [0.1, 0.15) is 5.75 Å². The zero-order chi connectivity index (χ0) is 23.9. The second kappa shape index (κ2) is 16.6. The van der Waals surface area contributed by atoms with E-state index in [1.807, 2.05) is 36.4 Å². The Labute approximate surface area is 221 Å². The van der Waals surface area contributed by atoms with E-state index in [9.17, 15) is 4.79 Å². The van der Waals surface area contributed by atoms with Gasteiger partial charge in [-0.2, -0.15) is 0 Å². The number of carbonyl (C=O) groups is 1. The van der Waals surface area contributed by atoms with Crippen LogP contribution in [0.25, 0.3) is 11.1 Å². The summed E-state index contributed by atoms with van der Waals surface area (Å²) < 4.78 is 6.70. The summed E-state index contributed by atoms with van der Waals surface area (Å²) in [7, 11) is 0. The number of hydrogen-bond donors (Lipinski definition) is 1. The molecule has 6 heteroatoms. The van der Waals surface area contributed by atoms with Crippen molar-refractivity contribution in [1.29, 1.82) is 0 Å². The lowest BCUT2D eigenvalue weighted by molar-refractivity contribution is 0.0953. The van der Waals surface area contributed by atoms with Crippen molar-refractivity contribution in [2.75, 3.05) is 18.5 Å². The second-order valence-corrected chi connectivity index (χ2v) is 10.4. The van der Waals surface area contributed by atoms with Crippen LogP contribution in [0.4, 0.5) is 0 Å². The molecule has 0 spiro atoms. The minimum atomic E-state index is -0.0676. The van der Waals surface area contributed by atoms with Crippen LogP contribution in [-0.4, -0.2) is 24.4 Å². The monoisotopic (exact) mass is 599 g/mol. The predicted octanol–water partition coefficient (Wildman–Crippen LogP) is 9.19. The van der Waals surface area contributed by atoms with Gasteiger partial charge in [0.15, 0.2) is 0 Å². The molecule has 1 N–H and O–H groups in total. The molecule has 0 saturated carbocycles. The molecule has 0 aliphatic heterocycles. The summed E-state index contributed by atoms with van der Waals surface area (Å²) >= 11 is 13.2. The van der Waals surface area contributed by atoms with Crippen molar-refractivity contribution in [3.63, 3.8) is 0 Å². The van der Waals surface area contributed by atoms with E-state index in [0.29, 0.717) is 29.5 Å². The predicted molar refractivity (Wildman–Crippen MR) is 148 cm³/mol. The molecule has 0 radical (unpaired) electrons. The zero-order valence-electron chi connectivity index (χ0n) is 19.6. The molecular weight excluding hydrogens is 566 g/mol. The first-order valence-corrected chi connectivity index (χ1v) is 14.4. The summed E-state index contributed by atoms with van der Waals surface area (Å²) in [6.45, 7) is 3.48. The first-order valence-electron chi connectivity index (χ1n) is 12.1. The third kappa shape index (κ3) is 10.4. The Morgan fingerprint density at radius 2 is 1.64 bits per heavy atom. The molecule has 0 bridgehead atoms. The topological polar surface area (TPSA) is 38.3 Å². The van der Waals surface area contributed by atoms with Crippen LogP contribution in [0.1, 0.15) is 81.5 Å². The number of hydrogen-bond acceptors (Lipinski definition) is 2. The molecular formula is C27H36Br2ClNO2. The average molecular weight is 602 g/mol. The van der Waals surface area contributed by atoms with Gasteiger partial charge in [-0.05, 0) is 52.2 Å². The normalized spacial score (nSPS) is 10.9. The Morgan fingerprint density at radius 1 is 0.970 bits per heavy atom. The van der Waals surface area contributed by atoms with Gasteiger partial charge in [0.2, 0.25) is 0 Å². The molecule has 0 aromatic heterocycles. The van der Waals surface area contributed by atoms with E-state index in [2.05, 4.69) is 44.1 Å². The molecule has 0 unspecified atom stereocenters. The summed E-state index contributed by atoms with van der Waals surface area (Å²) in [5, 5.41) is 4.43. The number of amides is 1. The molecule has 0 heterocycles. The number of unbranched alkanes of at least 4 members (excludes halogenated alkanes) is 9. The maximum Gasteiger partial charge on any atom is 0.251 e. The smallest absolute Gasteiger partial charge is 0.251 e. The number of halogens is 3. The number of nitrogens with one attached hydrogen (secondary N) is 1. The molecule has 2 aromatic carbocycles. The lowest BCUT2D eigenvalue weighted by Gasteiger charge is -2.15. The van der Waals surface area contributed by atoms with Crippen molar-refractivity contribution >= 4 is 49.4 Å². The van der Waals surface area contributed by atoms with Crippen LogP contribution in [0, 0.1) is 0 Å². The first-order chi connectivity index (χ1) is 16.1. The molecule has 2 aromatic rings. The van der Waals surface area contributed by atoms with Gasteiger partial charge in [0.25, 0.3) is 5.91 Å². The third-order valence-electron chi connectivity index (χ3n) is 5.58. The van der Waals surface area contributed by atoms with E-state index < -0.39 is 0 Å². The highest BCUT2D eigenvalue weighted by molar-refractivity contribution is 9.10. The van der Waals surface area contributed by atoms with Crippen LogP contribution < -0.4 is 10.1 Å². The van der Waals surface area contributed by atoms with Gasteiger partial charge in [-0.1, -0.05) is 104 Å². The second-order valence-electron chi connectivity index (χ2n) is 8.32. The van der Waals surface area contributed by atoms with E-state index in [-0.39, 0.29) is 5.91 Å². The van der Waals surface area contributed by atoms with Crippen LogP contribution in [0.3, 0.4) is 0 Å². The Balaban J connectivity index is 1.88. The lowest BCUT2D eigenvalue weighted by atomic mass is 10.0. The fourth-order valence-corrected chi connectivity index (χ4v) is 4.73. The largest absolute Gasteiger partial charge is 0.491 e. The molecule has 33 heavy (non-hydrogen) atoms. The zero-order valence-corrected chi connectivity index (χ0v) is 23.5. The Bertz CT molecular complexity index is 860. The van der Waals surface area contributed by atoms with Gasteiger partial charge < -0.3 is 10.1 Å². The summed E-state index contributed by atoms with van der Waals surface area (Å²) in [5.41, 5.74) is 2.36. The molecule has 2 rings (SSSR count). The van der Waals surface area contributed by atoms with E-state index in [1.54, 1.807) is 0 Å². The van der Waals surface area contributed by atoms with Gasteiger partial charge in [0.05, 0.1) is 11.1 Å². The van der Waals surface area contributed by atoms with Crippen molar-refractivity contribution in [1.82, 2.24) is 5.32 Å². The average Bonchev–Trinajstić information content (AvgIpc) is 2.81. The van der Waals surface area contributed by atoms with Gasteiger partial charge in [-0.25, -0.2) is 0 Å². The first kappa shape index (κ1) is 28.2. The third-order valence-corrected chi connectivity index (χ3v) is 6.73. The van der Waals surface area contributed by atoms with Crippen molar-refractivity contribution in [3.05, 3.63) is 51.5 Å². The van der Waals surface area contributed by atoms with Gasteiger partial charge in [-0.15, -0.1) is 0 Å². The van der Waals surface area contributed by atoms with Gasteiger partial charge >= 0.3 is 0 Å². The Hall–Kier alpha value is -1.04. The van der Waals surface area contributed by atoms with E-state index >= 15 is 0 Å². The standard InChI is InChI=1S/C27H36Br2ClNO2/c1-2-3-4-5-6-7-8-9-10-11-16-31-27(32)22-19-24(21-13-12-14-23(30)18-21)26(25(29)20-22)33-17-15-28/h12-14,18-20H,2-11,15-17H2,1H3,(H,31,32). The van der Waals surface area contributed by atoms with Crippen molar-refractivity contribution in [2.45, 2.75) is 71.1 Å². The van der Waals surface area contributed by atoms with E-state index in [0.717, 1.165) is 33.8 Å². The molecule has 0 atom stereocenters. The highest BCUT2D eigenvalue weighted by Crippen LogP contribution is 2.38. The van der Waals surface area contributed by atoms with E-state index in [1.165, 1.54) is 51.4 Å². The molecule has 1 amide bonds. The Morgan fingerprint density at radius 3 is 2.27 bits per heavy atom. The summed E-state index contributed by atoms with van der Waals surface area (Å²) in [6, 6.07) is 11.3. The quantitative estimate of drug-likeness (QED) is 0.154. The molecule has 0 aliphatic carbocycles. The minimum absolute atomic E-state index is 0.0676. The molecule has 0 aliphatic rings. The highest BCUT2D eigenvalue weighted by Gasteiger charge is 2.16. The molecule has 0 fully saturated rings. The number of benzene rings is 2. The SMILES string of the molecule is CCCCCCCCCCCCNC(=O)c1cc(Br)c(OCCBr)c(-c2cccc(Cl)c2)c1. The Kier molecular flexibility index (Phi) is 14.2. The van der Waals surface area contributed by atoms with Crippen molar-refractivity contribution in [3.8, 4) is 16.9 Å². The van der Waals surface area contributed by atoms with Crippen LogP contribution in [0.2, 0.25) is 5.02 Å². The van der Waals surface area contributed by atoms with Crippen molar-refractivity contribution < 1.29 is 9.53 Å². The minimum Gasteiger partial charge on any atom is -0.491 e. The molecule has 3 nitrogen and oxygen atoms in total. The summed E-state index contributed by atoms with van der Waals surface area (Å²) in [6.07, 6.45) is 12.8. The summed E-state index contributed by atoms with van der Waals surface area (Å²) in [5.74, 6) is 0.643. The molecule has 0 saturated heterocycles. The number of rotatable bonds is 16. The maximum atomic E-state index is 12.8. The summed E-state index contributed by atoms with van der Waals surface area (Å²) in [4.78, 5) is 12.8. The van der Waals surface area contributed by atoms with Gasteiger partial charge in [0, 0.05) is 28.0 Å². The number of carbonyl (C=O) groups excluding carboxylic acids is 1. The number of ether oxygens (including phenoxy) is 1.